The zero-order chi connectivity index (χ0) is 8.39. The highest BCUT2D eigenvalue weighted by Gasteiger charge is 1.92. The molecule has 0 amide bonds. The summed E-state index contributed by atoms with van der Waals surface area (Å²) in [4.78, 5) is 4.10. The molecule has 1 heterocycles. The molecule has 0 N–H and O–H groups in total. The number of fused-ring (bicyclic) bond motifs is 1. The quantitative estimate of drug-likeness (QED) is 0.615. The Labute approximate surface area is 71.4 Å². The van der Waals surface area contributed by atoms with Gasteiger partial charge in [-0.25, -0.2) is 4.98 Å². The van der Waals surface area contributed by atoms with Crippen LogP contribution in [0.15, 0.2) is 36.9 Å². The SMILES string of the molecule is C=Cc1ccc2n[c]ccc2c1. The van der Waals surface area contributed by atoms with Crippen LogP contribution in [0.4, 0.5) is 0 Å². The second kappa shape index (κ2) is 2.78. The highest BCUT2D eigenvalue weighted by Crippen LogP contribution is 2.13. The maximum absolute atomic E-state index is 4.10. The summed E-state index contributed by atoms with van der Waals surface area (Å²) in [5.41, 5.74) is 2.10. The Kier molecular flexibility index (Phi) is 1.63. The van der Waals surface area contributed by atoms with Crippen molar-refractivity contribution in [1.29, 1.82) is 0 Å². The fraction of sp³-hybridized carbons (Fsp3) is 0. The summed E-state index contributed by atoms with van der Waals surface area (Å²) in [5.74, 6) is 0. The third kappa shape index (κ3) is 1.10. The van der Waals surface area contributed by atoms with Crippen LogP contribution in [0, 0.1) is 6.20 Å². The summed E-state index contributed by atoms with van der Waals surface area (Å²) in [6.07, 6.45) is 4.63. The lowest BCUT2D eigenvalue weighted by Gasteiger charge is -1.96. The predicted molar refractivity (Wildman–Crippen MR) is 50.7 cm³/mol. The number of pyridine rings is 1. The number of aromatic nitrogens is 1. The van der Waals surface area contributed by atoms with Crippen LogP contribution in [0.2, 0.25) is 0 Å². The van der Waals surface area contributed by atoms with Crippen LogP contribution < -0.4 is 0 Å². The van der Waals surface area contributed by atoms with Crippen LogP contribution in [-0.4, -0.2) is 4.98 Å². The van der Waals surface area contributed by atoms with Gasteiger partial charge < -0.3 is 0 Å². The van der Waals surface area contributed by atoms with E-state index in [2.05, 4.69) is 23.8 Å². The van der Waals surface area contributed by atoms with Crippen molar-refractivity contribution in [2.24, 2.45) is 0 Å². The molecule has 0 aliphatic rings. The minimum absolute atomic E-state index is 0.975. The van der Waals surface area contributed by atoms with Crippen LogP contribution in [0.3, 0.4) is 0 Å². The Bertz CT molecular complexity index is 418. The van der Waals surface area contributed by atoms with Crippen LogP contribution >= 0.6 is 0 Å². The molecule has 1 aromatic heterocycles. The van der Waals surface area contributed by atoms with Gasteiger partial charge in [0, 0.05) is 5.39 Å². The van der Waals surface area contributed by atoms with Crippen molar-refractivity contribution in [1.82, 2.24) is 4.98 Å². The molecule has 0 aliphatic heterocycles. The number of benzene rings is 1. The van der Waals surface area contributed by atoms with Crippen molar-refractivity contribution in [3.05, 3.63) is 48.7 Å². The molecule has 1 heteroatoms. The van der Waals surface area contributed by atoms with Crippen molar-refractivity contribution in [3.63, 3.8) is 0 Å². The fourth-order valence-electron chi connectivity index (χ4n) is 1.17. The minimum atomic E-state index is 0.975. The van der Waals surface area contributed by atoms with E-state index in [0.717, 1.165) is 16.5 Å². The average Bonchev–Trinajstić information content (AvgIpc) is 2.17. The average molecular weight is 154 g/mol. The van der Waals surface area contributed by atoms with Crippen molar-refractivity contribution >= 4 is 17.0 Å². The van der Waals surface area contributed by atoms with E-state index in [4.69, 9.17) is 0 Å². The molecule has 0 atom stereocenters. The maximum atomic E-state index is 4.10. The molecule has 2 rings (SSSR count). The lowest BCUT2D eigenvalue weighted by Crippen LogP contribution is -1.78. The minimum Gasteiger partial charge on any atom is -0.246 e. The molecule has 0 bridgehead atoms. The molecule has 0 saturated carbocycles. The first-order valence-corrected chi connectivity index (χ1v) is 3.79. The summed E-state index contributed by atoms with van der Waals surface area (Å²) in [7, 11) is 0. The van der Waals surface area contributed by atoms with Crippen molar-refractivity contribution in [2.75, 3.05) is 0 Å². The van der Waals surface area contributed by atoms with Crippen molar-refractivity contribution < 1.29 is 0 Å². The van der Waals surface area contributed by atoms with E-state index in [0.29, 0.717) is 0 Å². The van der Waals surface area contributed by atoms with E-state index in [-0.39, 0.29) is 0 Å². The largest absolute Gasteiger partial charge is 0.246 e. The third-order valence-corrected chi connectivity index (χ3v) is 1.81. The summed E-state index contributed by atoms with van der Waals surface area (Å²) >= 11 is 0. The molecule has 1 aromatic carbocycles. The Hall–Kier alpha value is -1.63. The first kappa shape index (κ1) is 7.04. The highest BCUT2D eigenvalue weighted by molar-refractivity contribution is 5.80. The monoisotopic (exact) mass is 154 g/mol. The number of hydrogen-bond acceptors (Lipinski definition) is 1. The second-order valence-electron chi connectivity index (χ2n) is 2.60. The summed E-state index contributed by atoms with van der Waals surface area (Å²) in [6, 6.07) is 9.84. The molecular weight excluding hydrogens is 146 g/mol. The first-order valence-electron chi connectivity index (χ1n) is 3.79. The van der Waals surface area contributed by atoms with Gasteiger partial charge in [0.05, 0.1) is 11.7 Å². The smallest absolute Gasteiger partial charge is 0.0894 e. The Morgan fingerprint density at radius 1 is 1.33 bits per heavy atom. The summed E-state index contributed by atoms with van der Waals surface area (Å²) < 4.78 is 0. The number of nitrogens with zero attached hydrogens (tertiary/aromatic N) is 1. The van der Waals surface area contributed by atoms with Crippen LogP contribution in [-0.2, 0) is 0 Å². The molecule has 0 spiro atoms. The third-order valence-electron chi connectivity index (χ3n) is 1.81. The molecule has 0 aliphatic carbocycles. The van der Waals surface area contributed by atoms with Gasteiger partial charge >= 0.3 is 0 Å². The number of rotatable bonds is 1. The zero-order valence-electron chi connectivity index (χ0n) is 6.62. The second-order valence-corrected chi connectivity index (χ2v) is 2.60. The van der Waals surface area contributed by atoms with Gasteiger partial charge in [0.25, 0.3) is 0 Å². The van der Waals surface area contributed by atoms with Crippen LogP contribution in [0.25, 0.3) is 17.0 Å². The lowest BCUT2D eigenvalue weighted by molar-refractivity contribution is 1.39. The van der Waals surface area contributed by atoms with E-state index >= 15 is 0 Å². The predicted octanol–water partition coefficient (Wildman–Crippen LogP) is 2.68. The Balaban J connectivity index is 2.75. The molecule has 2 aromatic rings. The topological polar surface area (TPSA) is 12.9 Å². The lowest BCUT2D eigenvalue weighted by atomic mass is 10.1. The van der Waals surface area contributed by atoms with Gasteiger partial charge in [0.1, 0.15) is 0 Å². The van der Waals surface area contributed by atoms with Gasteiger partial charge in [-0.1, -0.05) is 24.8 Å². The molecule has 57 valence electrons. The van der Waals surface area contributed by atoms with E-state index < -0.39 is 0 Å². The standard InChI is InChI=1S/C11H8N/c1-2-9-5-6-11-10(8-9)4-3-7-12-11/h2-6,8H,1H2. The van der Waals surface area contributed by atoms with E-state index in [1.54, 1.807) is 0 Å². The molecule has 0 fully saturated rings. The molecule has 1 radical (unpaired) electrons. The maximum Gasteiger partial charge on any atom is 0.0894 e. The van der Waals surface area contributed by atoms with E-state index in [1.807, 2.05) is 30.3 Å². The molecule has 1 nitrogen and oxygen atoms in total. The first-order chi connectivity index (χ1) is 5.90. The van der Waals surface area contributed by atoms with Gasteiger partial charge in [0.2, 0.25) is 0 Å². The van der Waals surface area contributed by atoms with Gasteiger partial charge in [-0.15, -0.1) is 0 Å². The normalized spacial score (nSPS) is 10.0. The molecule has 0 saturated heterocycles. The van der Waals surface area contributed by atoms with Crippen molar-refractivity contribution in [2.45, 2.75) is 0 Å². The van der Waals surface area contributed by atoms with Crippen LogP contribution in [0.1, 0.15) is 5.56 Å². The van der Waals surface area contributed by atoms with Gasteiger partial charge in [-0.3, -0.25) is 0 Å². The van der Waals surface area contributed by atoms with Gasteiger partial charge in [0.15, 0.2) is 0 Å². The zero-order valence-corrected chi connectivity index (χ0v) is 6.62. The molecule has 0 unspecified atom stereocenters. The Morgan fingerprint density at radius 2 is 2.25 bits per heavy atom. The Morgan fingerprint density at radius 3 is 3.08 bits per heavy atom. The van der Waals surface area contributed by atoms with E-state index in [9.17, 15) is 0 Å². The van der Waals surface area contributed by atoms with Gasteiger partial charge in [-0.2, -0.15) is 0 Å². The summed E-state index contributed by atoms with van der Waals surface area (Å²) in [6.45, 7) is 3.71. The van der Waals surface area contributed by atoms with Crippen molar-refractivity contribution in [3.8, 4) is 0 Å². The van der Waals surface area contributed by atoms with E-state index in [1.165, 1.54) is 0 Å². The number of hydrogen-bond donors (Lipinski definition) is 0. The molecular formula is C11H8N. The van der Waals surface area contributed by atoms with Crippen LogP contribution in [0.5, 0.6) is 0 Å². The summed E-state index contributed by atoms with van der Waals surface area (Å²) in [5, 5.41) is 1.13. The fourth-order valence-corrected chi connectivity index (χ4v) is 1.17. The molecule has 12 heavy (non-hydrogen) atoms. The highest BCUT2D eigenvalue weighted by atomic mass is 14.6. The van der Waals surface area contributed by atoms with Gasteiger partial charge in [-0.05, 0) is 23.8 Å².